The van der Waals surface area contributed by atoms with E-state index in [-0.39, 0.29) is 17.5 Å². The number of pyridine rings is 2. The van der Waals surface area contributed by atoms with Gasteiger partial charge in [0.25, 0.3) is 0 Å². The number of amides is 1. The Morgan fingerprint density at radius 2 is 1.83 bits per heavy atom. The van der Waals surface area contributed by atoms with Crippen LogP contribution in [0.2, 0.25) is 0 Å². The zero-order valence-electron chi connectivity index (χ0n) is 21.2. The lowest BCUT2D eigenvalue weighted by Gasteiger charge is -2.08. The van der Waals surface area contributed by atoms with E-state index in [2.05, 4.69) is 30.5 Å². The molecule has 11 heteroatoms. The van der Waals surface area contributed by atoms with Gasteiger partial charge in [0.2, 0.25) is 5.91 Å². The van der Waals surface area contributed by atoms with Crippen LogP contribution in [0.5, 0.6) is 0 Å². The number of carbonyl (C=O) groups excluding carboxylic acids is 1. The minimum Gasteiger partial charge on any atom is -0.336 e. The van der Waals surface area contributed by atoms with E-state index >= 15 is 4.39 Å². The highest BCUT2D eigenvalue weighted by Gasteiger charge is 2.19. The molecule has 3 N–H and O–H groups in total. The quantitative estimate of drug-likeness (QED) is 0.207. The number of anilines is 1. The molecule has 1 amide bonds. The summed E-state index contributed by atoms with van der Waals surface area (Å²) in [6, 6.07) is 19.0. The fraction of sp³-hybridized carbons (Fsp3) is 0.0333. The third-order valence-corrected chi connectivity index (χ3v) is 7.50. The van der Waals surface area contributed by atoms with Gasteiger partial charge in [0.05, 0.1) is 34.2 Å². The molecule has 0 fully saturated rings. The number of halogens is 2. The summed E-state index contributed by atoms with van der Waals surface area (Å²) in [5.41, 5.74) is 4.94. The monoisotopic (exact) mass is 563 g/mol. The van der Waals surface area contributed by atoms with Gasteiger partial charge in [-0.1, -0.05) is 30.3 Å². The molecule has 7 aromatic rings. The normalized spacial score (nSPS) is 11.4. The number of imidazole rings is 1. The van der Waals surface area contributed by atoms with Crippen molar-refractivity contribution in [1.29, 1.82) is 0 Å². The van der Waals surface area contributed by atoms with Gasteiger partial charge < -0.3 is 10.3 Å². The van der Waals surface area contributed by atoms with Gasteiger partial charge in [-0.2, -0.15) is 9.49 Å². The van der Waals surface area contributed by atoms with Crippen molar-refractivity contribution in [3.05, 3.63) is 102 Å². The Morgan fingerprint density at radius 3 is 2.66 bits per heavy atom. The highest BCUT2D eigenvalue weighted by molar-refractivity contribution is 7.13. The van der Waals surface area contributed by atoms with E-state index in [1.165, 1.54) is 24.5 Å². The average Bonchev–Trinajstić information content (AvgIpc) is 3.70. The first-order valence-corrected chi connectivity index (χ1v) is 13.4. The Kier molecular flexibility index (Phi) is 6.05. The maximum atomic E-state index is 15.3. The van der Waals surface area contributed by atoms with E-state index < -0.39 is 5.82 Å². The largest absolute Gasteiger partial charge is 0.336 e. The highest BCUT2D eigenvalue weighted by atomic mass is 32.1. The molecule has 200 valence electrons. The smallest absolute Gasteiger partial charge is 0.228 e. The Balaban J connectivity index is 1.24. The van der Waals surface area contributed by atoms with Gasteiger partial charge in [-0.15, -0.1) is 11.3 Å². The van der Waals surface area contributed by atoms with Crippen LogP contribution in [0.1, 0.15) is 5.56 Å². The van der Waals surface area contributed by atoms with Crippen molar-refractivity contribution in [2.24, 2.45) is 0 Å². The summed E-state index contributed by atoms with van der Waals surface area (Å²) in [7, 11) is 0. The van der Waals surface area contributed by atoms with Gasteiger partial charge in [0.1, 0.15) is 22.7 Å². The molecule has 7 rings (SSSR count). The van der Waals surface area contributed by atoms with Gasteiger partial charge in [0, 0.05) is 35.0 Å². The molecule has 0 saturated heterocycles. The molecule has 0 saturated carbocycles. The molecule has 2 aromatic carbocycles. The van der Waals surface area contributed by atoms with E-state index in [0.717, 1.165) is 16.9 Å². The molecule has 0 radical (unpaired) electrons. The SMILES string of the molecule is O=C(Cc1ccccc1)Nc1cncc(-c2cc3c(-c4nc5c(-c6ccc(F)s6)nccc5[nH]4)n[nH]c3cc2F)c1. The van der Waals surface area contributed by atoms with Gasteiger partial charge in [0.15, 0.2) is 11.0 Å². The van der Waals surface area contributed by atoms with Crippen molar-refractivity contribution in [2.45, 2.75) is 6.42 Å². The second kappa shape index (κ2) is 10.0. The maximum Gasteiger partial charge on any atom is 0.228 e. The Bertz CT molecular complexity index is 2070. The third-order valence-electron chi connectivity index (χ3n) is 6.62. The second-order valence-electron chi connectivity index (χ2n) is 9.37. The fourth-order valence-corrected chi connectivity index (χ4v) is 5.48. The predicted molar refractivity (Wildman–Crippen MR) is 154 cm³/mol. The number of aromatic nitrogens is 6. The summed E-state index contributed by atoms with van der Waals surface area (Å²) in [5, 5.41) is 10.4. The lowest BCUT2D eigenvalue weighted by Crippen LogP contribution is -2.14. The van der Waals surface area contributed by atoms with Crippen LogP contribution in [0.15, 0.2) is 85.3 Å². The van der Waals surface area contributed by atoms with Crippen LogP contribution in [-0.2, 0) is 11.2 Å². The van der Waals surface area contributed by atoms with Crippen LogP contribution in [-0.4, -0.2) is 36.0 Å². The zero-order valence-corrected chi connectivity index (χ0v) is 22.0. The maximum absolute atomic E-state index is 15.3. The molecule has 8 nitrogen and oxygen atoms in total. The molecule has 0 atom stereocenters. The number of nitrogens with zero attached hydrogens (tertiary/aromatic N) is 4. The minimum atomic E-state index is -0.474. The first-order valence-electron chi connectivity index (χ1n) is 12.6. The lowest BCUT2D eigenvalue weighted by atomic mass is 10.0. The number of thiophene rings is 1. The molecule has 0 aliphatic heterocycles. The zero-order chi connectivity index (χ0) is 27.9. The van der Waals surface area contributed by atoms with Crippen LogP contribution < -0.4 is 5.32 Å². The number of nitrogens with one attached hydrogen (secondary N) is 3. The first kappa shape index (κ1) is 24.7. The summed E-state index contributed by atoms with van der Waals surface area (Å²) < 4.78 is 29.0. The molecule has 0 aliphatic carbocycles. The molecule has 0 spiro atoms. The highest BCUT2D eigenvalue weighted by Crippen LogP contribution is 2.35. The second-order valence-corrected chi connectivity index (χ2v) is 10.4. The Morgan fingerprint density at radius 1 is 0.951 bits per heavy atom. The van der Waals surface area contributed by atoms with Crippen LogP contribution >= 0.6 is 11.3 Å². The topological polar surface area (TPSA) is 112 Å². The Labute approximate surface area is 235 Å². The van der Waals surface area contributed by atoms with E-state index in [0.29, 0.717) is 60.8 Å². The summed E-state index contributed by atoms with van der Waals surface area (Å²) in [5.74, 6) is -0.222. The van der Waals surface area contributed by atoms with Crippen molar-refractivity contribution in [2.75, 3.05) is 5.32 Å². The number of benzene rings is 2. The van der Waals surface area contributed by atoms with Gasteiger partial charge in [-0.3, -0.25) is 19.9 Å². The molecule has 5 heterocycles. The number of carbonyl (C=O) groups is 1. The van der Waals surface area contributed by atoms with Crippen molar-refractivity contribution < 1.29 is 13.6 Å². The number of aromatic amines is 2. The van der Waals surface area contributed by atoms with Crippen LogP contribution in [0.25, 0.3) is 55.2 Å². The summed E-state index contributed by atoms with van der Waals surface area (Å²) in [4.78, 5) is 29.8. The van der Waals surface area contributed by atoms with E-state index in [1.807, 2.05) is 30.3 Å². The molecule has 0 bridgehead atoms. The number of hydrogen-bond donors (Lipinski definition) is 3. The Hall–Kier alpha value is -5.29. The van der Waals surface area contributed by atoms with Crippen molar-refractivity contribution in [1.82, 2.24) is 30.1 Å². The van der Waals surface area contributed by atoms with Crippen molar-refractivity contribution >= 4 is 44.9 Å². The van der Waals surface area contributed by atoms with Crippen LogP contribution in [0.4, 0.5) is 14.5 Å². The fourth-order valence-electron chi connectivity index (χ4n) is 4.75. The van der Waals surface area contributed by atoms with E-state index in [1.54, 1.807) is 30.5 Å². The molecule has 0 unspecified atom stereocenters. The summed E-state index contributed by atoms with van der Waals surface area (Å²) in [6.45, 7) is 0. The summed E-state index contributed by atoms with van der Waals surface area (Å²) in [6.07, 6.45) is 4.90. The molecule has 0 aliphatic rings. The lowest BCUT2D eigenvalue weighted by molar-refractivity contribution is -0.115. The van der Waals surface area contributed by atoms with E-state index in [4.69, 9.17) is 4.98 Å². The third kappa shape index (κ3) is 4.72. The van der Waals surface area contributed by atoms with Crippen LogP contribution in [0, 0.1) is 10.9 Å². The number of H-pyrrole nitrogens is 2. The van der Waals surface area contributed by atoms with Crippen molar-refractivity contribution in [3.63, 3.8) is 0 Å². The average molecular weight is 564 g/mol. The van der Waals surface area contributed by atoms with Crippen LogP contribution in [0.3, 0.4) is 0 Å². The number of fused-ring (bicyclic) bond motifs is 2. The van der Waals surface area contributed by atoms with Gasteiger partial charge >= 0.3 is 0 Å². The molecular formula is C30H19F2N7OS. The number of hydrogen-bond acceptors (Lipinski definition) is 6. The van der Waals surface area contributed by atoms with Crippen molar-refractivity contribution in [3.8, 4) is 33.2 Å². The predicted octanol–water partition coefficient (Wildman–Crippen LogP) is 6.75. The molecule has 41 heavy (non-hydrogen) atoms. The van der Waals surface area contributed by atoms with Gasteiger partial charge in [-0.05, 0) is 35.9 Å². The summed E-state index contributed by atoms with van der Waals surface area (Å²) >= 11 is 0.992. The molecule has 5 aromatic heterocycles. The standard InChI is InChI=1S/C30H19F2N7OS/c31-21-13-23-20(12-19(21)17-11-18(15-33-14-17)35-26(40)10-16-4-2-1-3-5-16)27(39-38-23)30-36-22-8-9-34-29(28(22)37-30)24-6-7-25(32)41-24/h1-9,11-15H,10H2,(H,35,40)(H,36,37)(H,38,39). The molecular weight excluding hydrogens is 544 g/mol. The minimum absolute atomic E-state index is 0.202. The first-order chi connectivity index (χ1) is 20.0. The number of rotatable bonds is 6. The van der Waals surface area contributed by atoms with E-state index in [9.17, 15) is 9.18 Å². The van der Waals surface area contributed by atoms with Gasteiger partial charge in [-0.25, -0.2) is 9.37 Å².